The van der Waals surface area contributed by atoms with E-state index in [4.69, 9.17) is 0 Å². The highest BCUT2D eigenvalue weighted by atomic mass is 32.2. The van der Waals surface area contributed by atoms with Gasteiger partial charge in [-0.3, -0.25) is 4.98 Å². The average Bonchev–Trinajstić information content (AvgIpc) is 2.82. The van der Waals surface area contributed by atoms with Crippen LogP contribution in [0.4, 0.5) is 0 Å². The SMILES string of the molecule is C(=N\N=C1\Cc2ccccc2S1)/c1cccnc1. The van der Waals surface area contributed by atoms with Gasteiger partial charge in [-0.15, -0.1) is 5.10 Å². The van der Waals surface area contributed by atoms with Crippen molar-refractivity contribution >= 4 is 23.0 Å². The van der Waals surface area contributed by atoms with Gasteiger partial charge in [-0.2, -0.15) is 5.10 Å². The minimum absolute atomic E-state index is 0.880. The first-order valence-electron chi connectivity index (χ1n) is 5.67. The van der Waals surface area contributed by atoms with E-state index in [1.54, 1.807) is 30.4 Å². The lowest BCUT2D eigenvalue weighted by Crippen LogP contribution is -1.88. The van der Waals surface area contributed by atoms with Crippen LogP contribution in [0.15, 0.2) is 63.9 Å². The van der Waals surface area contributed by atoms with E-state index in [0.29, 0.717) is 0 Å². The zero-order valence-electron chi connectivity index (χ0n) is 9.65. The lowest BCUT2D eigenvalue weighted by Gasteiger charge is -1.91. The lowest BCUT2D eigenvalue weighted by atomic mass is 10.2. The molecule has 3 rings (SSSR count). The molecule has 0 radical (unpaired) electrons. The predicted octanol–water partition coefficient (Wildman–Crippen LogP) is 3.16. The van der Waals surface area contributed by atoms with Crippen LogP contribution in [0.5, 0.6) is 0 Å². The van der Waals surface area contributed by atoms with Crippen LogP contribution in [0.2, 0.25) is 0 Å². The Balaban J connectivity index is 1.71. The van der Waals surface area contributed by atoms with E-state index in [1.165, 1.54) is 10.5 Å². The number of fused-ring (bicyclic) bond motifs is 1. The van der Waals surface area contributed by atoms with Crippen LogP contribution in [-0.4, -0.2) is 16.2 Å². The zero-order valence-corrected chi connectivity index (χ0v) is 10.5. The standard InChI is InChI=1S/C14H11N3S/c1-2-6-13-12(5-1)8-14(18-13)17-16-10-11-4-3-7-15-9-11/h1-7,9-10H,8H2/b16-10+,17-14-. The maximum Gasteiger partial charge on any atom is 0.105 e. The molecule has 88 valence electrons. The van der Waals surface area contributed by atoms with Gasteiger partial charge in [0, 0.05) is 29.3 Å². The fourth-order valence-corrected chi connectivity index (χ4v) is 2.73. The van der Waals surface area contributed by atoms with Gasteiger partial charge in [-0.25, -0.2) is 0 Å². The van der Waals surface area contributed by atoms with Crippen molar-refractivity contribution in [2.45, 2.75) is 11.3 Å². The topological polar surface area (TPSA) is 37.6 Å². The minimum atomic E-state index is 0.880. The molecule has 4 heteroatoms. The molecule has 1 aromatic heterocycles. The van der Waals surface area contributed by atoms with Crippen LogP contribution in [0.3, 0.4) is 0 Å². The highest BCUT2D eigenvalue weighted by molar-refractivity contribution is 8.14. The smallest absolute Gasteiger partial charge is 0.105 e. The number of aromatic nitrogens is 1. The van der Waals surface area contributed by atoms with E-state index in [-0.39, 0.29) is 0 Å². The molecule has 0 saturated heterocycles. The molecule has 0 bridgehead atoms. The molecule has 0 unspecified atom stereocenters. The maximum absolute atomic E-state index is 4.25. The Morgan fingerprint density at radius 2 is 2.11 bits per heavy atom. The molecule has 0 fully saturated rings. The number of nitrogens with zero attached hydrogens (tertiary/aromatic N) is 3. The Hall–Kier alpha value is -1.94. The number of thioether (sulfide) groups is 1. The highest BCUT2D eigenvalue weighted by Crippen LogP contribution is 2.32. The summed E-state index contributed by atoms with van der Waals surface area (Å²) in [7, 11) is 0. The monoisotopic (exact) mass is 253 g/mol. The third kappa shape index (κ3) is 2.49. The summed E-state index contributed by atoms with van der Waals surface area (Å²) in [5.74, 6) is 0. The third-order valence-corrected chi connectivity index (χ3v) is 3.68. The number of benzene rings is 1. The van der Waals surface area contributed by atoms with Crippen molar-refractivity contribution in [3.05, 3.63) is 59.9 Å². The Kier molecular flexibility index (Phi) is 3.19. The van der Waals surface area contributed by atoms with Crippen molar-refractivity contribution in [2.24, 2.45) is 10.2 Å². The van der Waals surface area contributed by atoms with Crippen molar-refractivity contribution in [2.75, 3.05) is 0 Å². The first-order valence-corrected chi connectivity index (χ1v) is 6.49. The maximum atomic E-state index is 4.25. The highest BCUT2D eigenvalue weighted by Gasteiger charge is 2.16. The minimum Gasteiger partial charge on any atom is -0.264 e. The van der Waals surface area contributed by atoms with Gasteiger partial charge < -0.3 is 0 Å². The van der Waals surface area contributed by atoms with E-state index in [0.717, 1.165) is 17.0 Å². The van der Waals surface area contributed by atoms with Gasteiger partial charge in [0.2, 0.25) is 0 Å². The van der Waals surface area contributed by atoms with E-state index in [1.807, 2.05) is 18.2 Å². The Morgan fingerprint density at radius 3 is 2.94 bits per heavy atom. The molecule has 0 saturated carbocycles. The molecular formula is C14H11N3S. The summed E-state index contributed by atoms with van der Waals surface area (Å²) in [6.45, 7) is 0. The Morgan fingerprint density at radius 1 is 1.17 bits per heavy atom. The second-order valence-electron chi connectivity index (χ2n) is 3.91. The predicted molar refractivity (Wildman–Crippen MR) is 75.3 cm³/mol. The van der Waals surface area contributed by atoms with Gasteiger partial charge in [-0.1, -0.05) is 36.0 Å². The third-order valence-electron chi connectivity index (χ3n) is 2.60. The molecule has 1 aliphatic rings. The lowest BCUT2D eigenvalue weighted by molar-refractivity contribution is 1.20. The fourth-order valence-electron chi connectivity index (χ4n) is 1.74. The van der Waals surface area contributed by atoms with Crippen LogP contribution in [0, 0.1) is 0 Å². The number of rotatable bonds is 2. The second kappa shape index (κ2) is 5.14. The van der Waals surface area contributed by atoms with Crippen LogP contribution < -0.4 is 0 Å². The van der Waals surface area contributed by atoms with Gasteiger partial charge in [0.1, 0.15) is 5.04 Å². The summed E-state index contributed by atoms with van der Waals surface area (Å²) in [6.07, 6.45) is 6.11. The molecule has 0 atom stereocenters. The van der Waals surface area contributed by atoms with Crippen molar-refractivity contribution in [3.63, 3.8) is 0 Å². The normalized spacial score (nSPS) is 16.3. The second-order valence-corrected chi connectivity index (χ2v) is 5.03. The van der Waals surface area contributed by atoms with Crippen LogP contribution in [0.25, 0.3) is 0 Å². The number of hydrogen-bond donors (Lipinski definition) is 0. The Labute approximate surface area is 110 Å². The molecule has 3 nitrogen and oxygen atoms in total. The van der Waals surface area contributed by atoms with Crippen molar-refractivity contribution in [1.82, 2.24) is 4.98 Å². The molecule has 1 aliphatic heterocycles. The molecule has 18 heavy (non-hydrogen) atoms. The van der Waals surface area contributed by atoms with E-state index >= 15 is 0 Å². The fraction of sp³-hybridized carbons (Fsp3) is 0.0714. The van der Waals surface area contributed by atoms with Gasteiger partial charge in [0.15, 0.2) is 0 Å². The van der Waals surface area contributed by atoms with Gasteiger partial charge in [0.25, 0.3) is 0 Å². The van der Waals surface area contributed by atoms with E-state index in [2.05, 4.69) is 33.4 Å². The summed E-state index contributed by atoms with van der Waals surface area (Å²) < 4.78 is 0. The molecule has 0 N–H and O–H groups in total. The van der Waals surface area contributed by atoms with Gasteiger partial charge >= 0.3 is 0 Å². The zero-order chi connectivity index (χ0) is 12.2. The Bertz CT molecular complexity index is 578. The summed E-state index contributed by atoms with van der Waals surface area (Å²) in [5, 5.41) is 9.40. The van der Waals surface area contributed by atoms with Crippen LogP contribution in [0.1, 0.15) is 11.1 Å². The van der Waals surface area contributed by atoms with Crippen molar-refractivity contribution in [1.29, 1.82) is 0 Å². The van der Waals surface area contributed by atoms with Crippen LogP contribution >= 0.6 is 11.8 Å². The van der Waals surface area contributed by atoms with Gasteiger partial charge in [0.05, 0.1) is 6.21 Å². The first-order chi connectivity index (χ1) is 8.92. The van der Waals surface area contributed by atoms with Gasteiger partial charge in [-0.05, 0) is 17.7 Å². The molecule has 0 amide bonds. The van der Waals surface area contributed by atoms with E-state index < -0.39 is 0 Å². The first kappa shape index (κ1) is 11.2. The summed E-state index contributed by atoms with van der Waals surface area (Å²) >= 11 is 1.69. The van der Waals surface area contributed by atoms with Crippen LogP contribution in [-0.2, 0) is 6.42 Å². The largest absolute Gasteiger partial charge is 0.264 e. The van der Waals surface area contributed by atoms with Crippen molar-refractivity contribution < 1.29 is 0 Å². The summed E-state index contributed by atoms with van der Waals surface area (Å²) in [6, 6.07) is 12.2. The molecule has 2 heterocycles. The molecule has 0 spiro atoms. The molecule has 1 aromatic carbocycles. The molecule has 0 aliphatic carbocycles. The van der Waals surface area contributed by atoms with Crippen molar-refractivity contribution in [3.8, 4) is 0 Å². The molecular weight excluding hydrogens is 242 g/mol. The number of pyridine rings is 1. The van der Waals surface area contributed by atoms with E-state index in [9.17, 15) is 0 Å². The average molecular weight is 253 g/mol. The molecule has 2 aromatic rings. The number of hydrogen-bond acceptors (Lipinski definition) is 4. The summed E-state index contributed by atoms with van der Waals surface area (Å²) in [5.41, 5.74) is 2.29. The quantitative estimate of drug-likeness (QED) is 0.609. The summed E-state index contributed by atoms with van der Waals surface area (Å²) in [4.78, 5) is 5.31.